The fourth-order valence-corrected chi connectivity index (χ4v) is 3.16. The second-order valence-corrected chi connectivity index (χ2v) is 9.02. The van der Waals surface area contributed by atoms with Crippen LogP contribution in [0.5, 0.6) is 0 Å². The van der Waals surface area contributed by atoms with E-state index in [0.717, 1.165) is 11.1 Å². The molecule has 8 nitrogen and oxygen atoms in total. The number of esters is 1. The molecule has 0 aliphatic heterocycles. The molecule has 2 aromatic rings. The number of hydrogen-bond donors (Lipinski definition) is 3. The number of amides is 3. The van der Waals surface area contributed by atoms with Crippen molar-refractivity contribution in [2.75, 3.05) is 13.7 Å². The molecule has 0 spiro atoms. The standard InChI is InChI=1S/C26H33N3O5/c1-26(2,3)25(33)29-20(15-18-11-7-5-8-12-18)23(31)27-17-22(30)28-21(24(32)34-4)16-19-13-9-6-10-14-19/h5-14,20-21H,15-17H2,1-4H3,(H,27,31)(H,28,30)(H,29,33)/t20-,21+/m1/s1. The number of nitrogens with one attached hydrogen (secondary N) is 3. The third-order valence-electron chi connectivity index (χ3n) is 5.11. The molecule has 2 atom stereocenters. The van der Waals surface area contributed by atoms with Crippen molar-refractivity contribution < 1.29 is 23.9 Å². The minimum Gasteiger partial charge on any atom is -0.467 e. The van der Waals surface area contributed by atoms with Gasteiger partial charge in [0.25, 0.3) is 0 Å². The highest BCUT2D eigenvalue weighted by Crippen LogP contribution is 2.14. The predicted octanol–water partition coefficient (Wildman–Crippen LogP) is 1.78. The van der Waals surface area contributed by atoms with Gasteiger partial charge in [-0.2, -0.15) is 0 Å². The van der Waals surface area contributed by atoms with E-state index in [9.17, 15) is 19.2 Å². The van der Waals surface area contributed by atoms with E-state index in [1.165, 1.54) is 7.11 Å². The van der Waals surface area contributed by atoms with Gasteiger partial charge in [-0.3, -0.25) is 14.4 Å². The molecule has 3 amide bonds. The lowest BCUT2D eigenvalue weighted by Crippen LogP contribution is -2.53. The molecule has 34 heavy (non-hydrogen) atoms. The first kappa shape index (κ1) is 26.6. The Bertz CT molecular complexity index is 971. The summed E-state index contributed by atoms with van der Waals surface area (Å²) in [6, 6.07) is 16.8. The Hall–Kier alpha value is -3.68. The molecule has 2 rings (SSSR count). The molecule has 0 radical (unpaired) electrons. The van der Waals surface area contributed by atoms with E-state index in [1.54, 1.807) is 20.8 Å². The van der Waals surface area contributed by atoms with Gasteiger partial charge in [-0.15, -0.1) is 0 Å². The van der Waals surface area contributed by atoms with Gasteiger partial charge < -0.3 is 20.7 Å². The third kappa shape index (κ3) is 8.69. The summed E-state index contributed by atoms with van der Waals surface area (Å²) in [6.45, 7) is 4.92. The van der Waals surface area contributed by atoms with Crippen molar-refractivity contribution >= 4 is 23.7 Å². The molecule has 0 fully saturated rings. The van der Waals surface area contributed by atoms with Crippen molar-refractivity contribution in [3.8, 4) is 0 Å². The summed E-state index contributed by atoms with van der Waals surface area (Å²) in [4.78, 5) is 50.1. The van der Waals surface area contributed by atoms with Crippen LogP contribution in [0.25, 0.3) is 0 Å². The highest BCUT2D eigenvalue weighted by Gasteiger charge is 2.28. The highest BCUT2D eigenvalue weighted by molar-refractivity contribution is 5.92. The van der Waals surface area contributed by atoms with Crippen LogP contribution in [0, 0.1) is 5.41 Å². The molecular weight excluding hydrogens is 434 g/mol. The van der Waals surface area contributed by atoms with Crippen molar-refractivity contribution in [3.63, 3.8) is 0 Å². The molecule has 182 valence electrons. The zero-order valence-electron chi connectivity index (χ0n) is 20.1. The minimum atomic E-state index is -0.891. The van der Waals surface area contributed by atoms with Gasteiger partial charge in [0.05, 0.1) is 13.7 Å². The van der Waals surface area contributed by atoms with Gasteiger partial charge >= 0.3 is 5.97 Å². The lowest BCUT2D eigenvalue weighted by atomic mass is 9.94. The Labute approximate surface area is 200 Å². The van der Waals surface area contributed by atoms with E-state index in [4.69, 9.17) is 4.74 Å². The Morgan fingerprint density at radius 3 is 1.76 bits per heavy atom. The smallest absolute Gasteiger partial charge is 0.328 e. The normalized spacial score (nSPS) is 12.7. The molecular formula is C26H33N3O5. The summed E-state index contributed by atoms with van der Waals surface area (Å²) in [6.07, 6.45) is 0.528. The lowest BCUT2D eigenvalue weighted by molar-refractivity contribution is -0.145. The van der Waals surface area contributed by atoms with Crippen molar-refractivity contribution in [3.05, 3.63) is 71.8 Å². The third-order valence-corrected chi connectivity index (χ3v) is 5.11. The number of carbonyl (C=O) groups excluding carboxylic acids is 4. The minimum absolute atomic E-state index is 0.255. The van der Waals surface area contributed by atoms with Crippen LogP contribution in [0.1, 0.15) is 31.9 Å². The first-order chi connectivity index (χ1) is 16.1. The van der Waals surface area contributed by atoms with Crippen LogP contribution in [0.15, 0.2) is 60.7 Å². The number of hydrogen-bond acceptors (Lipinski definition) is 5. The fraction of sp³-hybridized carbons (Fsp3) is 0.385. The zero-order chi connectivity index (χ0) is 25.1. The molecule has 8 heteroatoms. The second-order valence-electron chi connectivity index (χ2n) is 9.02. The van der Waals surface area contributed by atoms with Gasteiger partial charge in [-0.25, -0.2) is 4.79 Å². The molecule has 0 saturated heterocycles. The molecule has 0 heterocycles. The van der Waals surface area contributed by atoms with Gasteiger partial charge in [0.15, 0.2) is 0 Å². The van der Waals surface area contributed by atoms with Crippen LogP contribution in [-0.2, 0) is 36.8 Å². The number of rotatable bonds is 10. The topological polar surface area (TPSA) is 114 Å². The number of methoxy groups -OCH3 is 1. The average molecular weight is 468 g/mol. The number of benzene rings is 2. The van der Waals surface area contributed by atoms with Crippen molar-refractivity contribution in [2.45, 2.75) is 45.7 Å². The van der Waals surface area contributed by atoms with Crippen LogP contribution in [0.3, 0.4) is 0 Å². The Balaban J connectivity index is 2.02. The number of carbonyl (C=O) groups is 4. The van der Waals surface area contributed by atoms with Crippen LogP contribution in [-0.4, -0.2) is 49.4 Å². The van der Waals surface area contributed by atoms with Crippen molar-refractivity contribution in [1.29, 1.82) is 0 Å². The van der Waals surface area contributed by atoms with Crippen LogP contribution in [0.4, 0.5) is 0 Å². The molecule has 0 unspecified atom stereocenters. The van der Waals surface area contributed by atoms with Gasteiger partial charge in [-0.1, -0.05) is 81.4 Å². The van der Waals surface area contributed by atoms with Crippen LogP contribution < -0.4 is 16.0 Å². The van der Waals surface area contributed by atoms with E-state index < -0.39 is 35.3 Å². The molecule has 3 N–H and O–H groups in total. The van der Waals surface area contributed by atoms with Crippen LogP contribution in [0.2, 0.25) is 0 Å². The van der Waals surface area contributed by atoms with Gasteiger partial charge in [0.1, 0.15) is 12.1 Å². The summed E-state index contributed by atoms with van der Waals surface area (Å²) in [5.74, 6) is -1.89. The molecule has 0 aliphatic rings. The predicted molar refractivity (Wildman–Crippen MR) is 129 cm³/mol. The summed E-state index contributed by atoms with van der Waals surface area (Å²) in [5, 5.41) is 7.95. The first-order valence-corrected chi connectivity index (χ1v) is 11.1. The molecule has 2 aromatic carbocycles. The second kappa shape index (κ2) is 12.5. The van der Waals surface area contributed by atoms with E-state index in [-0.39, 0.29) is 25.3 Å². The van der Waals surface area contributed by atoms with Gasteiger partial charge in [0, 0.05) is 18.3 Å². The summed E-state index contributed by atoms with van der Waals surface area (Å²) < 4.78 is 4.80. The summed E-state index contributed by atoms with van der Waals surface area (Å²) in [5.41, 5.74) is 1.04. The fourth-order valence-electron chi connectivity index (χ4n) is 3.16. The molecule has 0 bridgehead atoms. The Morgan fingerprint density at radius 2 is 1.29 bits per heavy atom. The maximum absolute atomic E-state index is 12.9. The monoisotopic (exact) mass is 467 g/mol. The van der Waals surface area contributed by atoms with E-state index in [0.29, 0.717) is 0 Å². The van der Waals surface area contributed by atoms with E-state index in [2.05, 4.69) is 16.0 Å². The number of ether oxygens (including phenoxy) is 1. The average Bonchev–Trinajstić information content (AvgIpc) is 2.81. The molecule has 0 aromatic heterocycles. The first-order valence-electron chi connectivity index (χ1n) is 11.1. The van der Waals surface area contributed by atoms with E-state index in [1.807, 2.05) is 60.7 Å². The Kier molecular flexibility index (Phi) is 9.79. The highest BCUT2D eigenvalue weighted by atomic mass is 16.5. The van der Waals surface area contributed by atoms with Crippen molar-refractivity contribution in [1.82, 2.24) is 16.0 Å². The SMILES string of the molecule is COC(=O)[C@H](Cc1ccccc1)NC(=O)CNC(=O)[C@@H](Cc1ccccc1)NC(=O)C(C)(C)C. The zero-order valence-corrected chi connectivity index (χ0v) is 20.1. The molecule has 0 aliphatic carbocycles. The van der Waals surface area contributed by atoms with Gasteiger partial charge in [-0.05, 0) is 11.1 Å². The van der Waals surface area contributed by atoms with E-state index >= 15 is 0 Å². The summed E-state index contributed by atoms with van der Waals surface area (Å²) >= 11 is 0. The maximum Gasteiger partial charge on any atom is 0.328 e. The quantitative estimate of drug-likeness (QED) is 0.461. The molecule has 0 saturated carbocycles. The maximum atomic E-state index is 12.9. The summed E-state index contributed by atoms with van der Waals surface area (Å²) in [7, 11) is 1.25. The lowest BCUT2D eigenvalue weighted by Gasteiger charge is -2.24. The van der Waals surface area contributed by atoms with Crippen LogP contribution >= 0.6 is 0 Å². The largest absolute Gasteiger partial charge is 0.467 e. The van der Waals surface area contributed by atoms with Crippen molar-refractivity contribution in [2.24, 2.45) is 5.41 Å². The van der Waals surface area contributed by atoms with Gasteiger partial charge in [0.2, 0.25) is 17.7 Å². The Morgan fingerprint density at radius 1 is 0.794 bits per heavy atom.